The van der Waals surface area contributed by atoms with E-state index in [1.807, 2.05) is 44.2 Å². The van der Waals surface area contributed by atoms with Crippen LogP contribution in [0, 0.1) is 5.92 Å². The molecule has 0 amide bonds. The minimum absolute atomic E-state index is 0.0167. The van der Waals surface area contributed by atoms with Crippen molar-refractivity contribution in [3.05, 3.63) is 72.4 Å². The quantitative estimate of drug-likeness (QED) is 0.417. The second kappa shape index (κ2) is 10.7. The highest BCUT2D eigenvalue weighted by molar-refractivity contribution is 7.92. The van der Waals surface area contributed by atoms with Gasteiger partial charge in [0, 0.05) is 31.5 Å². The number of anilines is 2. The van der Waals surface area contributed by atoms with Gasteiger partial charge in [-0.15, -0.1) is 11.3 Å². The molecule has 3 heterocycles. The molecule has 0 radical (unpaired) electrons. The lowest BCUT2D eigenvalue weighted by atomic mass is 10.1. The Kier molecular flexibility index (Phi) is 7.80. The number of thiophene rings is 1. The van der Waals surface area contributed by atoms with Gasteiger partial charge in [-0.3, -0.25) is 9.29 Å². The van der Waals surface area contributed by atoms with Crippen LogP contribution in [-0.2, 0) is 20.0 Å². The first-order chi connectivity index (χ1) is 16.7. The van der Waals surface area contributed by atoms with E-state index >= 15 is 0 Å². The van der Waals surface area contributed by atoms with Gasteiger partial charge in [-0.1, -0.05) is 38.1 Å². The SMILES string of the molecule is CC(C)CS(=O)(=O)N(CC1CN(S(=O)(=O)c2cccs2)CCN1c1ccccc1)c1cccnc1. The summed E-state index contributed by atoms with van der Waals surface area (Å²) in [7, 11) is -7.34. The Balaban J connectivity index is 1.71. The molecule has 2 aromatic heterocycles. The molecule has 1 aromatic carbocycles. The number of sulfonamides is 2. The van der Waals surface area contributed by atoms with Crippen molar-refractivity contribution in [1.29, 1.82) is 0 Å². The average Bonchev–Trinajstić information content (AvgIpc) is 3.39. The van der Waals surface area contributed by atoms with Crippen molar-refractivity contribution in [2.45, 2.75) is 24.1 Å². The fourth-order valence-corrected chi connectivity index (χ4v) is 8.75. The molecule has 4 rings (SSSR count). The van der Waals surface area contributed by atoms with Crippen molar-refractivity contribution in [1.82, 2.24) is 9.29 Å². The van der Waals surface area contributed by atoms with Gasteiger partial charge in [0.25, 0.3) is 10.0 Å². The van der Waals surface area contributed by atoms with Crippen molar-refractivity contribution < 1.29 is 16.8 Å². The molecule has 0 spiro atoms. The second-order valence-corrected chi connectivity index (χ2v) is 13.9. The Morgan fingerprint density at radius 2 is 1.80 bits per heavy atom. The highest BCUT2D eigenvalue weighted by Gasteiger charge is 2.37. The molecule has 3 aromatic rings. The van der Waals surface area contributed by atoms with E-state index in [1.54, 1.807) is 35.8 Å². The van der Waals surface area contributed by atoms with Crippen molar-refractivity contribution in [3.63, 3.8) is 0 Å². The third-order valence-corrected chi connectivity index (χ3v) is 11.2. The van der Waals surface area contributed by atoms with Crippen LogP contribution in [0.15, 0.2) is 76.6 Å². The van der Waals surface area contributed by atoms with Gasteiger partial charge in [-0.05, 0) is 41.6 Å². The van der Waals surface area contributed by atoms with Crippen LogP contribution in [0.5, 0.6) is 0 Å². The summed E-state index contributed by atoms with van der Waals surface area (Å²) in [5.74, 6) is -0.0802. The van der Waals surface area contributed by atoms with E-state index in [4.69, 9.17) is 0 Å². The highest BCUT2D eigenvalue weighted by atomic mass is 32.2. The van der Waals surface area contributed by atoms with Gasteiger partial charge in [0.2, 0.25) is 10.0 Å². The zero-order valence-corrected chi connectivity index (χ0v) is 22.2. The Hall–Kier alpha value is -2.47. The minimum Gasteiger partial charge on any atom is -0.364 e. The fraction of sp³-hybridized carbons (Fsp3) is 0.375. The molecule has 1 saturated heterocycles. The van der Waals surface area contributed by atoms with Crippen molar-refractivity contribution in [2.75, 3.05) is 41.1 Å². The highest BCUT2D eigenvalue weighted by Crippen LogP contribution is 2.29. The number of hydrogen-bond donors (Lipinski definition) is 0. The fourth-order valence-electron chi connectivity index (χ4n) is 4.28. The summed E-state index contributed by atoms with van der Waals surface area (Å²) in [5.41, 5.74) is 1.40. The predicted octanol–water partition coefficient (Wildman–Crippen LogP) is 3.52. The molecule has 1 atom stereocenters. The number of benzene rings is 1. The number of aromatic nitrogens is 1. The van der Waals surface area contributed by atoms with Crippen molar-refractivity contribution >= 4 is 42.8 Å². The number of pyridine rings is 1. The monoisotopic (exact) mass is 534 g/mol. The first kappa shape index (κ1) is 25.6. The van der Waals surface area contributed by atoms with Crippen molar-refractivity contribution in [3.8, 4) is 0 Å². The Bertz CT molecular complexity index is 1300. The van der Waals surface area contributed by atoms with Crippen LogP contribution < -0.4 is 9.21 Å². The average molecular weight is 535 g/mol. The summed E-state index contributed by atoms with van der Waals surface area (Å²) in [5, 5.41) is 1.74. The molecule has 0 N–H and O–H groups in total. The van der Waals surface area contributed by atoms with Gasteiger partial charge in [0.1, 0.15) is 4.21 Å². The molecule has 11 heteroatoms. The number of para-hydroxylation sites is 1. The largest absolute Gasteiger partial charge is 0.364 e. The van der Waals surface area contributed by atoms with Crippen LogP contribution in [0.3, 0.4) is 0 Å². The molecular weight excluding hydrogens is 504 g/mol. The zero-order chi connectivity index (χ0) is 25.1. The maximum atomic E-state index is 13.5. The standard InChI is InChI=1S/C24H30N4O4S3/c1-20(2)19-34(29,30)28(22-10-6-12-25-16-22)18-23-17-26(35(31,32)24-11-7-15-33-24)13-14-27(23)21-8-4-3-5-9-21/h3-12,15-16,20,23H,13-14,17-19H2,1-2H3. The van der Waals surface area contributed by atoms with E-state index in [2.05, 4.69) is 9.88 Å². The van der Waals surface area contributed by atoms with Crippen LogP contribution in [0.25, 0.3) is 0 Å². The number of nitrogens with zero attached hydrogens (tertiary/aromatic N) is 4. The zero-order valence-electron chi connectivity index (χ0n) is 19.8. The Morgan fingerprint density at radius 1 is 1.03 bits per heavy atom. The second-order valence-electron chi connectivity index (χ2n) is 8.89. The minimum atomic E-state index is -3.68. The lowest BCUT2D eigenvalue weighted by molar-refractivity contribution is 0.335. The maximum Gasteiger partial charge on any atom is 0.252 e. The van der Waals surface area contributed by atoms with E-state index in [9.17, 15) is 16.8 Å². The number of hydrogen-bond acceptors (Lipinski definition) is 7. The molecule has 0 bridgehead atoms. The van der Waals surface area contributed by atoms with Crippen LogP contribution in [0.2, 0.25) is 0 Å². The van der Waals surface area contributed by atoms with Gasteiger partial charge in [-0.2, -0.15) is 4.31 Å². The van der Waals surface area contributed by atoms with Crippen LogP contribution >= 0.6 is 11.3 Å². The number of rotatable bonds is 9. The van der Waals surface area contributed by atoms with Gasteiger partial charge < -0.3 is 4.90 Å². The van der Waals surface area contributed by atoms with Crippen LogP contribution in [-0.4, -0.2) is 64.1 Å². The lowest BCUT2D eigenvalue weighted by Gasteiger charge is -2.44. The molecule has 35 heavy (non-hydrogen) atoms. The van der Waals surface area contributed by atoms with Gasteiger partial charge >= 0.3 is 0 Å². The van der Waals surface area contributed by atoms with Crippen molar-refractivity contribution in [2.24, 2.45) is 5.92 Å². The topological polar surface area (TPSA) is 90.9 Å². The van der Waals surface area contributed by atoms with Gasteiger partial charge in [-0.25, -0.2) is 16.8 Å². The summed E-state index contributed by atoms with van der Waals surface area (Å²) >= 11 is 1.19. The normalized spacial score (nSPS) is 17.6. The molecule has 1 aliphatic rings. The molecular formula is C24H30N4O4S3. The molecule has 8 nitrogen and oxygen atoms in total. The molecule has 1 aliphatic heterocycles. The van der Waals surface area contributed by atoms with Crippen LogP contribution in [0.4, 0.5) is 11.4 Å². The third-order valence-electron chi connectivity index (χ3n) is 5.81. The maximum absolute atomic E-state index is 13.5. The molecule has 0 saturated carbocycles. The third kappa shape index (κ3) is 5.85. The Morgan fingerprint density at radius 3 is 2.43 bits per heavy atom. The predicted molar refractivity (Wildman–Crippen MR) is 141 cm³/mol. The number of piperazine rings is 1. The molecule has 1 fully saturated rings. The van der Waals surface area contributed by atoms with E-state index in [1.165, 1.54) is 26.1 Å². The van der Waals surface area contributed by atoms with E-state index in [-0.39, 0.29) is 24.8 Å². The van der Waals surface area contributed by atoms with E-state index in [0.717, 1.165) is 5.69 Å². The molecule has 1 unspecified atom stereocenters. The summed E-state index contributed by atoms with van der Waals surface area (Å²) < 4.78 is 56.7. The summed E-state index contributed by atoms with van der Waals surface area (Å²) in [6.07, 6.45) is 3.14. The summed E-state index contributed by atoms with van der Waals surface area (Å²) in [6.45, 7) is 4.77. The first-order valence-corrected chi connectivity index (χ1v) is 15.4. The van der Waals surface area contributed by atoms with Gasteiger partial charge in [0.15, 0.2) is 0 Å². The summed E-state index contributed by atoms with van der Waals surface area (Å²) in [4.78, 5) is 6.24. The first-order valence-electron chi connectivity index (χ1n) is 11.4. The Labute approximate surface area is 211 Å². The van der Waals surface area contributed by atoms with Crippen LogP contribution in [0.1, 0.15) is 13.8 Å². The smallest absolute Gasteiger partial charge is 0.252 e. The molecule has 0 aliphatic carbocycles. The van der Waals surface area contributed by atoms with Gasteiger partial charge in [0.05, 0.1) is 30.2 Å². The van der Waals surface area contributed by atoms with E-state index < -0.39 is 26.1 Å². The molecule has 188 valence electrons. The van der Waals surface area contributed by atoms with E-state index in [0.29, 0.717) is 23.0 Å². The summed E-state index contributed by atoms with van der Waals surface area (Å²) in [6, 6.07) is 16.1. The lowest BCUT2D eigenvalue weighted by Crippen LogP contribution is -2.59.